The molecule has 4 unspecified atom stereocenters. The molecule has 2 aromatic heterocycles. The molecule has 0 radical (unpaired) electrons. The first kappa shape index (κ1) is 15.9. The lowest BCUT2D eigenvalue weighted by Crippen LogP contribution is -2.16. The number of rotatable bonds is 2. The van der Waals surface area contributed by atoms with Crippen LogP contribution >= 0.6 is 0 Å². The Morgan fingerprint density at radius 3 is 2.72 bits per heavy atom. The van der Waals surface area contributed by atoms with E-state index in [0.717, 1.165) is 35.2 Å². The molecule has 140 valence electrons. The summed E-state index contributed by atoms with van der Waals surface area (Å²) in [6.45, 7) is 0. The molecule has 4 atom stereocenters. The van der Waals surface area contributed by atoms with Crippen LogP contribution in [0.15, 0.2) is 79.2 Å². The summed E-state index contributed by atoms with van der Waals surface area (Å²) in [5.41, 5.74) is 6.43. The first-order chi connectivity index (χ1) is 14.4. The first-order valence-corrected chi connectivity index (χ1v) is 10.8. The molecule has 2 heteroatoms. The van der Waals surface area contributed by atoms with E-state index in [1.807, 2.05) is 12.4 Å². The summed E-state index contributed by atoms with van der Waals surface area (Å²) in [6.07, 6.45) is 23.5. The van der Waals surface area contributed by atoms with E-state index < -0.39 is 0 Å². The highest BCUT2D eigenvalue weighted by Gasteiger charge is 2.67. The molecule has 0 spiro atoms. The minimum atomic E-state index is 0.364. The lowest BCUT2D eigenvalue weighted by atomic mass is 9.82. The third-order valence-electron chi connectivity index (χ3n) is 7.57. The van der Waals surface area contributed by atoms with E-state index >= 15 is 0 Å². The van der Waals surface area contributed by atoms with Crippen molar-refractivity contribution < 1.29 is 0 Å². The van der Waals surface area contributed by atoms with E-state index in [4.69, 9.17) is 9.97 Å². The summed E-state index contributed by atoms with van der Waals surface area (Å²) in [5, 5.41) is 2.49. The molecule has 4 aliphatic rings. The number of hydrogen-bond donors (Lipinski definition) is 0. The molecule has 1 aromatic carbocycles. The summed E-state index contributed by atoms with van der Waals surface area (Å²) >= 11 is 0. The number of aromatic nitrogens is 2. The normalized spacial score (nSPS) is 31.3. The van der Waals surface area contributed by atoms with Gasteiger partial charge in [-0.15, -0.1) is 0 Å². The van der Waals surface area contributed by atoms with Crippen molar-refractivity contribution >= 4 is 27.4 Å². The second-order valence-electron chi connectivity index (χ2n) is 9.01. The first-order valence-electron chi connectivity index (χ1n) is 10.8. The molecule has 0 bridgehead atoms. The molecular formula is C27H22N2. The molecule has 0 saturated heterocycles. The lowest BCUT2D eigenvalue weighted by Gasteiger charge is -2.22. The van der Waals surface area contributed by atoms with E-state index in [1.54, 1.807) is 0 Å². The van der Waals surface area contributed by atoms with Gasteiger partial charge < -0.3 is 0 Å². The second-order valence-corrected chi connectivity index (χ2v) is 9.01. The monoisotopic (exact) mass is 374 g/mol. The van der Waals surface area contributed by atoms with E-state index in [2.05, 4.69) is 66.8 Å². The van der Waals surface area contributed by atoms with Crippen molar-refractivity contribution in [1.29, 1.82) is 0 Å². The highest BCUT2D eigenvalue weighted by Crippen LogP contribution is 2.72. The van der Waals surface area contributed by atoms with Crippen LogP contribution in [0, 0.1) is 17.8 Å². The molecule has 4 aliphatic carbocycles. The molecule has 3 aromatic rings. The number of benzene rings is 1. The highest BCUT2D eigenvalue weighted by atomic mass is 14.8. The minimum Gasteiger partial charge on any atom is -0.254 e. The van der Waals surface area contributed by atoms with E-state index in [-0.39, 0.29) is 0 Å². The van der Waals surface area contributed by atoms with Gasteiger partial charge in [0.2, 0.25) is 0 Å². The van der Waals surface area contributed by atoms with Crippen molar-refractivity contribution in [2.75, 3.05) is 0 Å². The molecule has 29 heavy (non-hydrogen) atoms. The van der Waals surface area contributed by atoms with Crippen LogP contribution in [0.5, 0.6) is 0 Å². The summed E-state index contributed by atoms with van der Waals surface area (Å²) in [6, 6.07) is 8.99. The molecule has 2 fully saturated rings. The fourth-order valence-electron chi connectivity index (χ4n) is 6.02. The van der Waals surface area contributed by atoms with Crippen molar-refractivity contribution in [3.63, 3.8) is 0 Å². The van der Waals surface area contributed by atoms with Gasteiger partial charge in [0.05, 0.1) is 11.0 Å². The highest BCUT2D eigenvalue weighted by molar-refractivity contribution is 6.08. The zero-order chi connectivity index (χ0) is 19.0. The van der Waals surface area contributed by atoms with Crippen LogP contribution in [0.1, 0.15) is 30.4 Å². The Morgan fingerprint density at radius 2 is 1.76 bits per heavy atom. The topological polar surface area (TPSA) is 25.8 Å². The van der Waals surface area contributed by atoms with Gasteiger partial charge in [-0.3, -0.25) is 9.97 Å². The molecule has 2 nitrogen and oxygen atoms in total. The third-order valence-corrected chi connectivity index (χ3v) is 7.57. The van der Waals surface area contributed by atoms with E-state index in [0.29, 0.717) is 5.41 Å². The second kappa shape index (κ2) is 5.54. The SMILES string of the molecule is C1=CCC=CC(c2ccnc3c2ccc2c(C45CC4C=CC4CC45)ccnc23)=C1. The standard InChI is InChI=1S/C27H22N2/c1-2-4-6-17(5-3-1)20-11-13-28-25-21(20)9-10-22-23(12-14-29-26(22)25)27-16-19(27)8-7-18-15-24(18)27/h1,3-14,18-19,24H,2,15-16H2. The van der Waals surface area contributed by atoms with E-state index in [1.165, 1.54) is 40.3 Å². The molecule has 2 saturated carbocycles. The van der Waals surface area contributed by atoms with Gasteiger partial charge in [-0.25, -0.2) is 0 Å². The Kier molecular flexibility index (Phi) is 3.03. The minimum absolute atomic E-state index is 0.364. The Labute approximate surface area is 170 Å². The van der Waals surface area contributed by atoms with Crippen molar-refractivity contribution in [2.24, 2.45) is 17.8 Å². The third kappa shape index (κ3) is 2.12. The average Bonchev–Trinajstić information content (AvgIpc) is 3.64. The number of fused-ring (bicyclic) bond motifs is 6. The average molecular weight is 374 g/mol. The van der Waals surface area contributed by atoms with Crippen LogP contribution in [0.2, 0.25) is 0 Å². The molecule has 0 N–H and O–H groups in total. The molecule has 7 rings (SSSR count). The van der Waals surface area contributed by atoms with Crippen LogP contribution in [-0.4, -0.2) is 9.97 Å². The van der Waals surface area contributed by atoms with Crippen LogP contribution in [0.3, 0.4) is 0 Å². The summed E-state index contributed by atoms with van der Waals surface area (Å²) in [4.78, 5) is 9.62. The fourth-order valence-corrected chi connectivity index (χ4v) is 6.02. The number of nitrogens with zero attached hydrogens (tertiary/aromatic N) is 2. The van der Waals surface area contributed by atoms with Crippen molar-refractivity contribution in [2.45, 2.75) is 24.7 Å². The van der Waals surface area contributed by atoms with Gasteiger partial charge >= 0.3 is 0 Å². The van der Waals surface area contributed by atoms with Crippen LogP contribution < -0.4 is 0 Å². The maximum Gasteiger partial charge on any atom is 0.0970 e. The maximum atomic E-state index is 4.83. The number of hydrogen-bond acceptors (Lipinski definition) is 2. The van der Waals surface area contributed by atoms with Crippen LogP contribution in [0.4, 0.5) is 0 Å². The maximum absolute atomic E-state index is 4.83. The van der Waals surface area contributed by atoms with Crippen LogP contribution in [-0.2, 0) is 5.41 Å². The van der Waals surface area contributed by atoms with Gasteiger partial charge in [0.15, 0.2) is 0 Å². The predicted octanol–water partition coefficient (Wildman–Crippen LogP) is 6.15. The summed E-state index contributed by atoms with van der Waals surface area (Å²) in [5.74, 6) is 2.37. The molecule has 2 heterocycles. The predicted molar refractivity (Wildman–Crippen MR) is 118 cm³/mol. The van der Waals surface area contributed by atoms with Crippen molar-refractivity contribution in [3.8, 4) is 0 Å². The smallest absolute Gasteiger partial charge is 0.0970 e. The summed E-state index contributed by atoms with van der Waals surface area (Å²) in [7, 11) is 0. The Morgan fingerprint density at radius 1 is 0.897 bits per heavy atom. The van der Waals surface area contributed by atoms with Gasteiger partial charge in [-0.05, 0) is 65.8 Å². The van der Waals surface area contributed by atoms with Gasteiger partial charge in [0.25, 0.3) is 0 Å². The Balaban J connectivity index is 1.46. The zero-order valence-electron chi connectivity index (χ0n) is 16.3. The molecule has 0 aliphatic heterocycles. The van der Waals surface area contributed by atoms with Gasteiger partial charge in [-0.1, -0.05) is 54.7 Å². The quantitative estimate of drug-likeness (QED) is 0.397. The largest absolute Gasteiger partial charge is 0.254 e. The van der Waals surface area contributed by atoms with Gasteiger partial charge in [-0.2, -0.15) is 0 Å². The Bertz CT molecular complexity index is 1310. The molecular weight excluding hydrogens is 352 g/mol. The number of allylic oxidation sites excluding steroid dienone is 8. The van der Waals surface area contributed by atoms with Crippen molar-refractivity contribution in [1.82, 2.24) is 9.97 Å². The summed E-state index contributed by atoms with van der Waals surface area (Å²) < 4.78 is 0. The van der Waals surface area contributed by atoms with Crippen molar-refractivity contribution in [3.05, 3.63) is 90.3 Å². The fraction of sp³-hybridized carbons (Fsp3) is 0.259. The lowest BCUT2D eigenvalue weighted by molar-refractivity contribution is 0.535. The van der Waals surface area contributed by atoms with Gasteiger partial charge in [0.1, 0.15) is 0 Å². The number of pyridine rings is 2. The zero-order valence-corrected chi connectivity index (χ0v) is 16.3. The Hall–Kier alpha value is -3.00. The molecule has 0 amide bonds. The van der Waals surface area contributed by atoms with Crippen LogP contribution in [0.25, 0.3) is 27.4 Å². The van der Waals surface area contributed by atoms with Gasteiger partial charge in [0, 0.05) is 28.6 Å². The van der Waals surface area contributed by atoms with E-state index in [9.17, 15) is 0 Å².